The van der Waals surface area contributed by atoms with Gasteiger partial charge in [0.25, 0.3) is 0 Å². The Hall–Kier alpha value is -1.06. The van der Waals surface area contributed by atoms with Crippen LogP contribution in [0.3, 0.4) is 0 Å². The van der Waals surface area contributed by atoms with Gasteiger partial charge in [0.15, 0.2) is 0 Å². The third kappa shape index (κ3) is 4.67. The van der Waals surface area contributed by atoms with Gasteiger partial charge in [-0.05, 0) is 32.9 Å². The maximum absolute atomic E-state index is 5.87. The molecular formula is C15H25NO2. The predicted octanol–water partition coefficient (Wildman–Crippen LogP) is 3.16. The SMILES string of the molecule is CCNC(CCOC)c1ccccc1OC(C)C. The minimum Gasteiger partial charge on any atom is -0.491 e. The van der Waals surface area contributed by atoms with Gasteiger partial charge < -0.3 is 14.8 Å². The highest BCUT2D eigenvalue weighted by Gasteiger charge is 2.15. The summed E-state index contributed by atoms with van der Waals surface area (Å²) in [5, 5.41) is 3.49. The van der Waals surface area contributed by atoms with E-state index in [4.69, 9.17) is 9.47 Å². The molecule has 0 spiro atoms. The highest BCUT2D eigenvalue weighted by Crippen LogP contribution is 2.28. The van der Waals surface area contributed by atoms with E-state index in [-0.39, 0.29) is 12.1 Å². The second-order valence-corrected chi connectivity index (χ2v) is 4.60. The van der Waals surface area contributed by atoms with Crippen molar-refractivity contribution < 1.29 is 9.47 Å². The van der Waals surface area contributed by atoms with Crippen molar-refractivity contribution in [3.63, 3.8) is 0 Å². The second-order valence-electron chi connectivity index (χ2n) is 4.60. The van der Waals surface area contributed by atoms with Gasteiger partial charge in [0.2, 0.25) is 0 Å². The summed E-state index contributed by atoms with van der Waals surface area (Å²) in [7, 11) is 1.74. The Bertz CT molecular complexity index is 339. The largest absolute Gasteiger partial charge is 0.491 e. The van der Waals surface area contributed by atoms with E-state index in [1.807, 2.05) is 26.0 Å². The first-order chi connectivity index (χ1) is 8.69. The van der Waals surface area contributed by atoms with Crippen LogP contribution in [0.2, 0.25) is 0 Å². The zero-order valence-electron chi connectivity index (χ0n) is 11.9. The van der Waals surface area contributed by atoms with Crippen LogP contribution in [0.5, 0.6) is 5.75 Å². The zero-order valence-corrected chi connectivity index (χ0v) is 11.9. The highest BCUT2D eigenvalue weighted by atomic mass is 16.5. The molecule has 0 radical (unpaired) electrons. The Kier molecular flexibility index (Phi) is 6.76. The summed E-state index contributed by atoms with van der Waals surface area (Å²) in [6.45, 7) is 7.90. The van der Waals surface area contributed by atoms with E-state index in [2.05, 4.69) is 24.4 Å². The molecule has 3 heteroatoms. The Balaban J connectivity index is 2.87. The molecule has 0 fully saturated rings. The summed E-state index contributed by atoms with van der Waals surface area (Å²) < 4.78 is 11.1. The van der Waals surface area contributed by atoms with Gasteiger partial charge in [0.05, 0.1) is 6.10 Å². The molecule has 0 saturated heterocycles. The Labute approximate surface area is 110 Å². The summed E-state index contributed by atoms with van der Waals surface area (Å²) in [5.41, 5.74) is 1.21. The molecule has 0 amide bonds. The fourth-order valence-corrected chi connectivity index (χ4v) is 1.98. The monoisotopic (exact) mass is 251 g/mol. The molecule has 3 nitrogen and oxygen atoms in total. The van der Waals surface area contributed by atoms with E-state index in [0.29, 0.717) is 0 Å². The molecule has 0 aliphatic rings. The van der Waals surface area contributed by atoms with Gasteiger partial charge in [0, 0.05) is 25.3 Å². The lowest BCUT2D eigenvalue weighted by atomic mass is 10.0. The van der Waals surface area contributed by atoms with E-state index >= 15 is 0 Å². The maximum atomic E-state index is 5.87. The van der Waals surface area contributed by atoms with E-state index in [1.54, 1.807) is 7.11 Å². The van der Waals surface area contributed by atoms with Gasteiger partial charge in [-0.15, -0.1) is 0 Å². The van der Waals surface area contributed by atoms with E-state index in [0.717, 1.165) is 25.3 Å². The fourth-order valence-electron chi connectivity index (χ4n) is 1.98. The minimum atomic E-state index is 0.191. The van der Waals surface area contributed by atoms with Crippen LogP contribution < -0.4 is 10.1 Å². The van der Waals surface area contributed by atoms with Crippen LogP contribution in [-0.2, 0) is 4.74 Å². The molecule has 1 aromatic rings. The van der Waals surface area contributed by atoms with Crippen LogP contribution >= 0.6 is 0 Å². The number of methoxy groups -OCH3 is 1. The zero-order chi connectivity index (χ0) is 13.4. The molecule has 1 aromatic carbocycles. The van der Waals surface area contributed by atoms with Crippen LogP contribution in [0, 0.1) is 0 Å². The van der Waals surface area contributed by atoms with Gasteiger partial charge in [0.1, 0.15) is 5.75 Å². The van der Waals surface area contributed by atoms with Crippen molar-refractivity contribution in [2.75, 3.05) is 20.3 Å². The maximum Gasteiger partial charge on any atom is 0.124 e. The predicted molar refractivity (Wildman–Crippen MR) is 75.1 cm³/mol. The molecule has 0 aliphatic heterocycles. The molecule has 1 N–H and O–H groups in total. The van der Waals surface area contributed by atoms with Crippen molar-refractivity contribution >= 4 is 0 Å². The number of nitrogens with one attached hydrogen (secondary N) is 1. The summed E-state index contributed by atoms with van der Waals surface area (Å²) in [4.78, 5) is 0. The first kappa shape index (κ1) is 15.0. The van der Waals surface area contributed by atoms with E-state index in [9.17, 15) is 0 Å². The summed E-state index contributed by atoms with van der Waals surface area (Å²) in [6.07, 6.45) is 1.14. The van der Waals surface area contributed by atoms with E-state index in [1.165, 1.54) is 5.56 Å². The molecule has 102 valence electrons. The molecule has 1 atom stereocenters. The van der Waals surface area contributed by atoms with Crippen molar-refractivity contribution in [1.29, 1.82) is 0 Å². The Morgan fingerprint density at radius 1 is 1.22 bits per heavy atom. The number of ether oxygens (including phenoxy) is 2. The number of hydrogen-bond acceptors (Lipinski definition) is 3. The first-order valence-corrected chi connectivity index (χ1v) is 6.67. The number of para-hydroxylation sites is 1. The van der Waals surface area contributed by atoms with Crippen LogP contribution in [-0.4, -0.2) is 26.4 Å². The van der Waals surface area contributed by atoms with Crippen molar-refractivity contribution in [2.24, 2.45) is 0 Å². The second kappa shape index (κ2) is 8.11. The molecule has 0 heterocycles. The van der Waals surface area contributed by atoms with Gasteiger partial charge in [-0.25, -0.2) is 0 Å². The molecule has 0 aromatic heterocycles. The molecule has 0 aliphatic carbocycles. The quantitative estimate of drug-likeness (QED) is 0.770. The van der Waals surface area contributed by atoms with Gasteiger partial charge in [-0.1, -0.05) is 25.1 Å². The van der Waals surface area contributed by atoms with Gasteiger partial charge in [-0.2, -0.15) is 0 Å². The third-order valence-electron chi connectivity index (χ3n) is 2.72. The van der Waals surface area contributed by atoms with Gasteiger partial charge >= 0.3 is 0 Å². The number of rotatable bonds is 8. The molecule has 0 saturated carbocycles. The lowest BCUT2D eigenvalue weighted by Gasteiger charge is -2.22. The first-order valence-electron chi connectivity index (χ1n) is 6.67. The lowest BCUT2D eigenvalue weighted by molar-refractivity contribution is 0.181. The fraction of sp³-hybridized carbons (Fsp3) is 0.600. The smallest absolute Gasteiger partial charge is 0.124 e. The van der Waals surface area contributed by atoms with Crippen LogP contribution in [0.4, 0.5) is 0 Å². The number of benzene rings is 1. The number of hydrogen-bond donors (Lipinski definition) is 1. The summed E-state index contributed by atoms with van der Waals surface area (Å²) >= 11 is 0. The molecule has 0 bridgehead atoms. The highest BCUT2D eigenvalue weighted by molar-refractivity contribution is 5.36. The third-order valence-corrected chi connectivity index (χ3v) is 2.72. The molecule has 18 heavy (non-hydrogen) atoms. The summed E-state index contributed by atoms with van der Waals surface area (Å²) in [6, 6.07) is 8.51. The molecule has 1 rings (SSSR count). The minimum absolute atomic E-state index is 0.191. The molecular weight excluding hydrogens is 226 g/mol. The van der Waals surface area contributed by atoms with Crippen molar-refractivity contribution in [2.45, 2.75) is 39.3 Å². The Morgan fingerprint density at radius 3 is 2.56 bits per heavy atom. The van der Waals surface area contributed by atoms with Crippen LogP contribution in [0.25, 0.3) is 0 Å². The standard InChI is InChI=1S/C15H25NO2/c1-5-16-14(10-11-17-4)13-8-6-7-9-15(13)18-12(2)3/h6-9,12,14,16H,5,10-11H2,1-4H3. The normalized spacial score (nSPS) is 12.7. The topological polar surface area (TPSA) is 30.5 Å². The van der Waals surface area contributed by atoms with Crippen LogP contribution in [0.1, 0.15) is 38.8 Å². The Morgan fingerprint density at radius 2 is 1.94 bits per heavy atom. The molecule has 1 unspecified atom stereocenters. The van der Waals surface area contributed by atoms with Crippen LogP contribution in [0.15, 0.2) is 24.3 Å². The van der Waals surface area contributed by atoms with Crippen molar-refractivity contribution in [3.8, 4) is 5.75 Å². The average molecular weight is 251 g/mol. The average Bonchev–Trinajstić information content (AvgIpc) is 2.35. The van der Waals surface area contributed by atoms with Crippen molar-refractivity contribution in [3.05, 3.63) is 29.8 Å². The van der Waals surface area contributed by atoms with E-state index < -0.39 is 0 Å². The van der Waals surface area contributed by atoms with Crippen molar-refractivity contribution in [1.82, 2.24) is 5.32 Å². The summed E-state index contributed by atoms with van der Waals surface area (Å²) in [5.74, 6) is 0.967. The lowest BCUT2D eigenvalue weighted by Crippen LogP contribution is -2.23. The van der Waals surface area contributed by atoms with Gasteiger partial charge in [-0.3, -0.25) is 0 Å².